The Bertz CT molecular complexity index is 571. The highest BCUT2D eigenvalue weighted by atomic mass is 14.9. The number of benzene rings is 2. The number of rotatable bonds is 5. The van der Waals surface area contributed by atoms with Crippen LogP contribution in [-0.2, 0) is 6.42 Å². The Morgan fingerprint density at radius 2 is 1.85 bits per heavy atom. The second kappa shape index (κ2) is 5.80. The summed E-state index contributed by atoms with van der Waals surface area (Å²) in [5.74, 6) is 0.625. The second-order valence-corrected chi connectivity index (χ2v) is 5.85. The van der Waals surface area contributed by atoms with Crippen LogP contribution >= 0.6 is 0 Å². The molecule has 0 saturated heterocycles. The van der Waals surface area contributed by atoms with E-state index in [1.165, 1.54) is 35.1 Å². The molecule has 0 aromatic heterocycles. The first-order valence-corrected chi connectivity index (χ1v) is 7.67. The number of aryl methyl sites for hydroxylation is 1. The first kappa shape index (κ1) is 13.4. The molecule has 2 atom stereocenters. The summed E-state index contributed by atoms with van der Waals surface area (Å²) in [4.78, 5) is 0. The molecular formula is C19H23N. The Hall–Kier alpha value is -1.60. The number of hydrogen-bond acceptors (Lipinski definition) is 1. The van der Waals surface area contributed by atoms with Crippen molar-refractivity contribution in [1.82, 2.24) is 5.32 Å². The zero-order valence-electron chi connectivity index (χ0n) is 12.4. The summed E-state index contributed by atoms with van der Waals surface area (Å²) in [6, 6.07) is 18.3. The number of fused-ring (bicyclic) bond motifs is 1. The molecule has 0 saturated carbocycles. The molecule has 0 fully saturated rings. The molecule has 1 nitrogen and oxygen atoms in total. The van der Waals surface area contributed by atoms with Crippen LogP contribution in [0.2, 0.25) is 0 Å². The normalized spacial score (nSPS) is 18.2. The molecule has 2 unspecified atom stereocenters. The molecule has 20 heavy (non-hydrogen) atoms. The predicted molar refractivity (Wildman–Crippen MR) is 85.1 cm³/mol. The lowest BCUT2D eigenvalue weighted by atomic mass is 9.71. The summed E-state index contributed by atoms with van der Waals surface area (Å²) >= 11 is 0. The molecule has 2 aromatic carbocycles. The molecule has 1 heteroatoms. The van der Waals surface area contributed by atoms with Crippen LogP contribution in [0.15, 0.2) is 48.5 Å². The standard InChI is InChI=1S/C19H23N/c1-3-12-20-19(15-10-8-14(2)9-11-15)18-13-16-6-4-5-7-17(16)18/h4-11,18-20H,3,12-13H2,1-2H3. The van der Waals surface area contributed by atoms with Crippen molar-refractivity contribution in [3.63, 3.8) is 0 Å². The highest BCUT2D eigenvalue weighted by molar-refractivity contribution is 5.43. The van der Waals surface area contributed by atoms with Crippen LogP contribution in [-0.4, -0.2) is 6.54 Å². The molecule has 2 aromatic rings. The SMILES string of the molecule is CCCNC(c1ccc(C)cc1)C1Cc2ccccc21. The summed E-state index contributed by atoms with van der Waals surface area (Å²) in [6.07, 6.45) is 2.38. The summed E-state index contributed by atoms with van der Waals surface area (Å²) in [5, 5.41) is 3.75. The van der Waals surface area contributed by atoms with Crippen LogP contribution in [0.4, 0.5) is 0 Å². The molecule has 3 rings (SSSR count). The van der Waals surface area contributed by atoms with Gasteiger partial charge in [0.25, 0.3) is 0 Å². The third-order valence-electron chi connectivity index (χ3n) is 4.35. The van der Waals surface area contributed by atoms with Crippen LogP contribution in [0.3, 0.4) is 0 Å². The van der Waals surface area contributed by atoms with Gasteiger partial charge < -0.3 is 5.32 Å². The van der Waals surface area contributed by atoms with E-state index >= 15 is 0 Å². The van der Waals surface area contributed by atoms with Gasteiger partial charge in [0.05, 0.1) is 0 Å². The fraction of sp³-hybridized carbons (Fsp3) is 0.368. The van der Waals surface area contributed by atoms with Crippen molar-refractivity contribution in [3.8, 4) is 0 Å². The van der Waals surface area contributed by atoms with Gasteiger partial charge in [0, 0.05) is 12.0 Å². The predicted octanol–water partition coefficient (Wildman–Crippen LogP) is 4.38. The number of hydrogen-bond donors (Lipinski definition) is 1. The fourth-order valence-electron chi connectivity index (χ4n) is 3.16. The summed E-state index contributed by atoms with van der Waals surface area (Å²) in [6.45, 7) is 5.46. The highest BCUT2D eigenvalue weighted by Gasteiger charge is 2.33. The Morgan fingerprint density at radius 1 is 1.10 bits per heavy atom. The van der Waals surface area contributed by atoms with Crippen molar-refractivity contribution in [2.45, 2.75) is 38.6 Å². The first-order valence-electron chi connectivity index (χ1n) is 7.67. The maximum absolute atomic E-state index is 3.75. The zero-order valence-corrected chi connectivity index (χ0v) is 12.4. The lowest BCUT2D eigenvalue weighted by Gasteiger charge is -2.37. The largest absolute Gasteiger partial charge is 0.309 e. The van der Waals surface area contributed by atoms with E-state index < -0.39 is 0 Å². The minimum Gasteiger partial charge on any atom is -0.309 e. The molecule has 0 amide bonds. The van der Waals surface area contributed by atoms with Gasteiger partial charge in [-0.05, 0) is 43.0 Å². The summed E-state index contributed by atoms with van der Waals surface area (Å²) < 4.78 is 0. The van der Waals surface area contributed by atoms with E-state index in [0.717, 1.165) is 6.54 Å². The van der Waals surface area contributed by atoms with Crippen LogP contribution in [0, 0.1) is 6.92 Å². The third-order valence-corrected chi connectivity index (χ3v) is 4.35. The van der Waals surface area contributed by atoms with E-state index in [-0.39, 0.29) is 0 Å². The van der Waals surface area contributed by atoms with Crippen molar-refractivity contribution in [1.29, 1.82) is 0 Å². The van der Waals surface area contributed by atoms with Crippen molar-refractivity contribution >= 4 is 0 Å². The van der Waals surface area contributed by atoms with E-state index in [1.807, 2.05) is 0 Å². The summed E-state index contributed by atoms with van der Waals surface area (Å²) in [7, 11) is 0. The topological polar surface area (TPSA) is 12.0 Å². The average Bonchev–Trinajstić information content (AvgIpc) is 2.45. The molecule has 1 N–H and O–H groups in total. The molecule has 0 radical (unpaired) electrons. The van der Waals surface area contributed by atoms with Gasteiger partial charge >= 0.3 is 0 Å². The van der Waals surface area contributed by atoms with Crippen LogP contribution in [0.5, 0.6) is 0 Å². The molecule has 0 spiro atoms. The Kier molecular flexibility index (Phi) is 3.88. The van der Waals surface area contributed by atoms with Crippen molar-refractivity contribution in [2.24, 2.45) is 0 Å². The maximum atomic E-state index is 3.75. The lowest BCUT2D eigenvalue weighted by Crippen LogP contribution is -2.33. The minimum atomic E-state index is 0.449. The van der Waals surface area contributed by atoms with Gasteiger partial charge in [0.15, 0.2) is 0 Å². The van der Waals surface area contributed by atoms with Gasteiger partial charge in [-0.25, -0.2) is 0 Å². The Morgan fingerprint density at radius 3 is 2.55 bits per heavy atom. The third kappa shape index (κ3) is 2.51. The minimum absolute atomic E-state index is 0.449. The van der Waals surface area contributed by atoms with Crippen LogP contribution < -0.4 is 5.32 Å². The molecule has 0 bridgehead atoms. The van der Waals surface area contributed by atoms with Crippen molar-refractivity contribution in [2.75, 3.05) is 6.54 Å². The lowest BCUT2D eigenvalue weighted by molar-refractivity contribution is 0.411. The first-order chi connectivity index (χ1) is 9.79. The van der Waals surface area contributed by atoms with E-state index in [1.54, 1.807) is 0 Å². The van der Waals surface area contributed by atoms with Crippen molar-refractivity contribution in [3.05, 3.63) is 70.8 Å². The molecule has 1 aliphatic carbocycles. The summed E-state index contributed by atoms with van der Waals surface area (Å²) in [5.41, 5.74) is 5.80. The monoisotopic (exact) mass is 265 g/mol. The van der Waals surface area contributed by atoms with E-state index in [2.05, 4.69) is 67.7 Å². The second-order valence-electron chi connectivity index (χ2n) is 5.85. The zero-order chi connectivity index (χ0) is 13.9. The number of nitrogens with one attached hydrogen (secondary N) is 1. The van der Waals surface area contributed by atoms with Crippen LogP contribution in [0.25, 0.3) is 0 Å². The van der Waals surface area contributed by atoms with Gasteiger partial charge in [-0.15, -0.1) is 0 Å². The Balaban J connectivity index is 1.86. The quantitative estimate of drug-likeness (QED) is 0.846. The maximum Gasteiger partial charge on any atom is 0.0392 e. The van der Waals surface area contributed by atoms with Crippen LogP contribution in [0.1, 0.15) is 47.6 Å². The highest BCUT2D eigenvalue weighted by Crippen LogP contribution is 2.43. The van der Waals surface area contributed by atoms with Gasteiger partial charge in [0.1, 0.15) is 0 Å². The average molecular weight is 265 g/mol. The van der Waals surface area contributed by atoms with E-state index in [4.69, 9.17) is 0 Å². The Labute approximate surface area is 122 Å². The fourth-order valence-corrected chi connectivity index (χ4v) is 3.16. The van der Waals surface area contributed by atoms with Crippen molar-refractivity contribution < 1.29 is 0 Å². The van der Waals surface area contributed by atoms with Gasteiger partial charge in [-0.1, -0.05) is 61.0 Å². The molecule has 104 valence electrons. The molecule has 1 aliphatic rings. The van der Waals surface area contributed by atoms with E-state index in [0.29, 0.717) is 12.0 Å². The molecule has 0 aliphatic heterocycles. The van der Waals surface area contributed by atoms with E-state index in [9.17, 15) is 0 Å². The molecule has 0 heterocycles. The smallest absolute Gasteiger partial charge is 0.0392 e. The van der Waals surface area contributed by atoms with Gasteiger partial charge in [0.2, 0.25) is 0 Å². The van der Waals surface area contributed by atoms with Gasteiger partial charge in [-0.2, -0.15) is 0 Å². The molecular weight excluding hydrogens is 242 g/mol. The van der Waals surface area contributed by atoms with Gasteiger partial charge in [-0.3, -0.25) is 0 Å².